The molecule has 2 aromatic rings. The van der Waals surface area contributed by atoms with Gasteiger partial charge in [0.25, 0.3) is 10.0 Å². The van der Waals surface area contributed by atoms with Gasteiger partial charge in [0.05, 0.1) is 23.1 Å². The molecule has 106 valence electrons. The summed E-state index contributed by atoms with van der Waals surface area (Å²) in [5.41, 5.74) is 0.326. The normalized spacial score (nSPS) is 11.3. The highest BCUT2D eigenvalue weighted by molar-refractivity contribution is 7.92. The van der Waals surface area contributed by atoms with E-state index in [1.165, 1.54) is 24.4 Å². The topological polar surface area (TPSA) is 112 Å². The minimum absolute atomic E-state index is 0.0191. The summed E-state index contributed by atoms with van der Waals surface area (Å²) in [5, 5.41) is 15.2. The zero-order valence-electron chi connectivity index (χ0n) is 10.2. The summed E-state index contributed by atoms with van der Waals surface area (Å²) in [6.45, 7) is 1.56. The number of benzene rings is 1. The second-order valence-electron chi connectivity index (χ2n) is 4.00. The quantitative estimate of drug-likeness (QED) is 0.797. The number of rotatable bonds is 4. The van der Waals surface area contributed by atoms with Gasteiger partial charge in [0.1, 0.15) is 4.90 Å². The molecule has 2 rings (SSSR count). The number of H-pyrrole nitrogens is 1. The molecule has 0 aliphatic carbocycles. The number of sulfonamides is 1. The molecule has 0 amide bonds. The van der Waals surface area contributed by atoms with Gasteiger partial charge in [0, 0.05) is 5.02 Å². The number of anilines is 1. The van der Waals surface area contributed by atoms with E-state index < -0.39 is 16.0 Å². The fourth-order valence-electron chi connectivity index (χ4n) is 1.59. The Morgan fingerprint density at radius 3 is 2.65 bits per heavy atom. The molecule has 0 saturated heterocycles. The predicted octanol–water partition coefficient (Wildman–Crippen LogP) is 1.87. The van der Waals surface area contributed by atoms with Crippen molar-refractivity contribution in [2.24, 2.45) is 0 Å². The average Bonchev–Trinajstić information content (AvgIpc) is 2.74. The first-order valence-electron chi connectivity index (χ1n) is 5.36. The van der Waals surface area contributed by atoms with Gasteiger partial charge in [-0.05, 0) is 25.1 Å². The van der Waals surface area contributed by atoms with E-state index in [1.807, 2.05) is 0 Å². The third-order valence-electron chi connectivity index (χ3n) is 2.47. The van der Waals surface area contributed by atoms with Crippen LogP contribution in [0.25, 0.3) is 0 Å². The Labute approximate surface area is 119 Å². The number of aromatic nitrogens is 2. The smallest absolute Gasteiger partial charge is 0.335 e. The van der Waals surface area contributed by atoms with Crippen LogP contribution in [0, 0.1) is 6.92 Å². The molecule has 0 fully saturated rings. The van der Waals surface area contributed by atoms with Crippen LogP contribution in [0.15, 0.2) is 29.3 Å². The highest BCUT2D eigenvalue weighted by atomic mass is 35.5. The number of hydrogen-bond acceptors (Lipinski definition) is 4. The van der Waals surface area contributed by atoms with Crippen LogP contribution in [0.5, 0.6) is 0 Å². The second-order valence-corrected chi connectivity index (χ2v) is 6.09. The van der Waals surface area contributed by atoms with Crippen molar-refractivity contribution in [3.8, 4) is 0 Å². The summed E-state index contributed by atoms with van der Waals surface area (Å²) < 4.78 is 26.5. The van der Waals surface area contributed by atoms with Gasteiger partial charge < -0.3 is 5.11 Å². The standard InChI is InChI=1S/C11H10ClN3O4S/c1-6-10(5-13-14-6)20(18,19)15-9-3-7(11(16)17)2-8(12)4-9/h2-5,15H,1H3,(H,13,14)(H,16,17). The van der Waals surface area contributed by atoms with Crippen LogP contribution in [-0.4, -0.2) is 29.7 Å². The lowest BCUT2D eigenvalue weighted by Crippen LogP contribution is -2.14. The Kier molecular flexibility index (Phi) is 3.69. The third kappa shape index (κ3) is 2.91. The van der Waals surface area contributed by atoms with Gasteiger partial charge in [0.2, 0.25) is 0 Å². The van der Waals surface area contributed by atoms with Crippen LogP contribution in [0.4, 0.5) is 5.69 Å². The number of aromatic amines is 1. The van der Waals surface area contributed by atoms with Crippen LogP contribution >= 0.6 is 11.6 Å². The molecular formula is C11H10ClN3O4S. The molecule has 0 spiro atoms. The molecule has 0 atom stereocenters. The molecule has 0 saturated carbocycles. The second kappa shape index (κ2) is 5.14. The lowest BCUT2D eigenvalue weighted by Gasteiger charge is -2.08. The number of nitrogens with zero attached hydrogens (tertiary/aromatic N) is 1. The molecule has 1 heterocycles. The van der Waals surface area contributed by atoms with Crippen molar-refractivity contribution in [1.82, 2.24) is 10.2 Å². The van der Waals surface area contributed by atoms with Crippen molar-refractivity contribution >= 4 is 33.3 Å². The molecule has 1 aromatic carbocycles. The van der Waals surface area contributed by atoms with Gasteiger partial charge in [-0.25, -0.2) is 13.2 Å². The SMILES string of the molecule is Cc1[nH]ncc1S(=O)(=O)Nc1cc(Cl)cc(C(=O)O)c1. The third-order valence-corrected chi connectivity index (χ3v) is 4.18. The maximum absolute atomic E-state index is 12.1. The van der Waals surface area contributed by atoms with Crippen LogP contribution < -0.4 is 4.72 Å². The Balaban J connectivity index is 2.40. The van der Waals surface area contributed by atoms with Gasteiger partial charge >= 0.3 is 5.97 Å². The Morgan fingerprint density at radius 2 is 2.10 bits per heavy atom. The van der Waals surface area contributed by atoms with Crippen molar-refractivity contribution in [3.63, 3.8) is 0 Å². The largest absolute Gasteiger partial charge is 0.478 e. The monoisotopic (exact) mass is 315 g/mol. The Bertz CT molecular complexity index is 770. The first-order chi connectivity index (χ1) is 9.29. The number of aromatic carboxylic acids is 1. The maximum atomic E-state index is 12.1. The fourth-order valence-corrected chi connectivity index (χ4v) is 3.01. The molecule has 0 radical (unpaired) electrons. The summed E-state index contributed by atoms with van der Waals surface area (Å²) in [7, 11) is -3.86. The lowest BCUT2D eigenvalue weighted by atomic mass is 10.2. The summed E-state index contributed by atoms with van der Waals surface area (Å²) in [5.74, 6) is -1.20. The summed E-state index contributed by atoms with van der Waals surface area (Å²) >= 11 is 5.76. The highest BCUT2D eigenvalue weighted by Crippen LogP contribution is 2.22. The van der Waals surface area contributed by atoms with E-state index in [0.717, 1.165) is 0 Å². The van der Waals surface area contributed by atoms with E-state index in [2.05, 4.69) is 14.9 Å². The number of nitrogens with one attached hydrogen (secondary N) is 2. The van der Waals surface area contributed by atoms with Crippen molar-refractivity contribution in [3.05, 3.63) is 40.7 Å². The molecule has 0 aliphatic heterocycles. The molecule has 0 bridgehead atoms. The van der Waals surface area contributed by atoms with Crippen LogP contribution in [-0.2, 0) is 10.0 Å². The highest BCUT2D eigenvalue weighted by Gasteiger charge is 2.19. The zero-order valence-corrected chi connectivity index (χ0v) is 11.8. The number of halogens is 1. The van der Waals surface area contributed by atoms with Crippen molar-refractivity contribution in [1.29, 1.82) is 0 Å². The number of carbonyl (C=O) groups is 1. The number of hydrogen-bond donors (Lipinski definition) is 3. The van der Waals surface area contributed by atoms with Crippen molar-refractivity contribution in [2.75, 3.05) is 4.72 Å². The van der Waals surface area contributed by atoms with E-state index in [-0.39, 0.29) is 21.2 Å². The Morgan fingerprint density at radius 1 is 1.40 bits per heavy atom. The minimum Gasteiger partial charge on any atom is -0.478 e. The van der Waals surface area contributed by atoms with Gasteiger partial charge in [-0.3, -0.25) is 9.82 Å². The summed E-state index contributed by atoms with van der Waals surface area (Å²) in [6.07, 6.45) is 1.17. The first-order valence-corrected chi connectivity index (χ1v) is 7.22. The fraction of sp³-hybridized carbons (Fsp3) is 0.0909. The molecule has 1 aromatic heterocycles. The molecule has 3 N–H and O–H groups in total. The number of aryl methyl sites for hydroxylation is 1. The zero-order chi connectivity index (χ0) is 14.9. The van der Waals surface area contributed by atoms with Crippen molar-refractivity contribution in [2.45, 2.75) is 11.8 Å². The van der Waals surface area contributed by atoms with Gasteiger partial charge in [-0.1, -0.05) is 11.6 Å². The summed E-state index contributed by atoms with van der Waals surface area (Å²) in [4.78, 5) is 10.9. The van der Waals surface area contributed by atoms with Crippen LogP contribution in [0.2, 0.25) is 5.02 Å². The van der Waals surface area contributed by atoms with E-state index >= 15 is 0 Å². The first kappa shape index (κ1) is 14.4. The van der Waals surface area contributed by atoms with Crippen LogP contribution in [0.1, 0.15) is 16.1 Å². The van der Waals surface area contributed by atoms with E-state index in [1.54, 1.807) is 6.92 Å². The molecule has 0 unspecified atom stereocenters. The van der Waals surface area contributed by atoms with E-state index in [4.69, 9.17) is 16.7 Å². The van der Waals surface area contributed by atoms with Gasteiger partial charge in [-0.2, -0.15) is 5.10 Å². The number of carboxylic acids is 1. The number of carboxylic acid groups (broad SMARTS) is 1. The van der Waals surface area contributed by atoms with Crippen LogP contribution in [0.3, 0.4) is 0 Å². The molecular weight excluding hydrogens is 306 g/mol. The Hall–Kier alpha value is -2.06. The lowest BCUT2D eigenvalue weighted by molar-refractivity contribution is 0.0697. The molecule has 0 aliphatic rings. The molecule has 9 heteroatoms. The van der Waals surface area contributed by atoms with E-state index in [0.29, 0.717) is 5.69 Å². The maximum Gasteiger partial charge on any atom is 0.335 e. The van der Waals surface area contributed by atoms with Gasteiger partial charge in [0.15, 0.2) is 0 Å². The van der Waals surface area contributed by atoms with Crippen molar-refractivity contribution < 1.29 is 18.3 Å². The van der Waals surface area contributed by atoms with Gasteiger partial charge in [-0.15, -0.1) is 0 Å². The average molecular weight is 316 g/mol. The van der Waals surface area contributed by atoms with E-state index in [9.17, 15) is 13.2 Å². The predicted molar refractivity (Wildman–Crippen MR) is 72.5 cm³/mol. The summed E-state index contributed by atoms with van der Waals surface area (Å²) in [6, 6.07) is 3.73. The molecule has 20 heavy (non-hydrogen) atoms. The minimum atomic E-state index is -3.86. The molecule has 7 nitrogen and oxygen atoms in total.